The lowest BCUT2D eigenvalue weighted by molar-refractivity contribution is 0.0937. The zero-order chi connectivity index (χ0) is 18.4. The quantitative estimate of drug-likeness (QED) is 0.763. The van der Waals surface area contributed by atoms with Gasteiger partial charge in [-0.05, 0) is 49.7 Å². The summed E-state index contributed by atoms with van der Waals surface area (Å²) in [6.07, 6.45) is 2.39. The topological polar surface area (TPSA) is 67.6 Å². The van der Waals surface area contributed by atoms with Gasteiger partial charge in [0.1, 0.15) is 5.75 Å². The number of para-hydroxylation sites is 1. The molecule has 1 aliphatic rings. The number of nitrogens with zero attached hydrogens (tertiary/aromatic N) is 1. The molecule has 2 aromatic rings. The van der Waals surface area contributed by atoms with Crippen molar-refractivity contribution < 1.29 is 9.53 Å². The fourth-order valence-corrected chi connectivity index (χ4v) is 3.51. The van der Waals surface area contributed by atoms with E-state index in [1.807, 2.05) is 42.5 Å². The minimum Gasteiger partial charge on any atom is -0.496 e. The Bertz CT molecular complexity index is 730. The zero-order valence-electron chi connectivity index (χ0n) is 15.7. The number of halogens is 1. The normalized spacial score (nSPS) is 15.0. The van der Waals surface area contributed by atoms with Gasteiger partial charge in [0.2, 0.25) is 0 Å². The average molecular weight is 390 g/mol. The molecule has 1 fully saturated rings. The van der Waals surface area contributed by atoms with Crippen molar-refractivity contribution in [1.29, 1.82) is 0 Å². The summed E-state index contributed by atoms with van der Waals surface area (Å²) in [5.41, 5.74) is 8.41. The van der Waals surface area contributed by atoms with Gasteiger partial charge in [-0.25, -0.2) is 0 Å². The second kappa shape index (κ2) is 10.3. The minimum absolute atomic E-state index is 0. The first kappa shape index (κ1) is 21.2. The van der Waals surface area contributed by atoms with Crippen LogP contribution >= 0.6 is 12.4 Å². The molecule has 0 spiro atoms. The van der Waals surface area contributed by atoms with E-state index in [1.54, 1.807) is 7.11 Å². The van der Waals surface area contributed by atoms with Gasteiger partial charge in [-0.3, -0.25) is 9.69 Å². The van der Waals surface area contributed by atoms with Crippen LogP contribution in [-0.4, -0.2) is 37.6 Å². The molecule has 0 saturated carbocycles. The van der Waals surface area contributed by atoms with Crippen LogP contribution in [0.15, 0.2) is 48.5 Å². The van der Waals surface area contributed by atoms with E-state index in [1.165, 1.54) is 12.8 Å². The van der Waals surface area contributed by atoms with E-state index in [-0.39, 0.29) is 24.4 Å². The fourth-order valence-electron chi connectivity index (χ4n) is 3.51. The third kappa shape index (κ3) is 5.22. The van der Waals surface area contributed by atoms with Crippen LogP contribution in [0.4, 0.5) is 0 Å². The van der Waals surface area contributed by atoms with Crippen molar-refractivity contribution in [2.24, 2.45) is 5.73 Å². The molecule has 0 aliphatic carbocycles. The second-order valence-corrected chi connectivity index (χ2v) is 6.61. The highest BCUT2D eigenvalue weighted by atomic mass is 35.5. The molecule has 5 nitrogen and oxygen atoms in total. The molecule has 0 radical (unpaired) electrons. The van der Waals surface area contributed by atoms with Crippen LogP contribution < -0.4 is 15.8 Å². The highest BCUT2D eigenvalue weighted by Gasteiger charge is 2.26. The number of ether oxygens (including phenoxy) is 1. The number of nitrogens with one attached hydrogen (secondary N) is 1. The number of amides is 1. The number of hydrogen-bond acceptors (Lipinski definition) is 4. The highest BCUT2D eigenvalue weighted by Crippen LogP contribution is 2.31. The third-order valence-electron chi connectivity index (χ3n) is 4.99. The van der Waals surface area contributed by atoms with E-state index in [4.69, 9.17) is 10.5 Å². The van der Waals surface area contributed by atoms with Crippen molar-refractivity contribution in [3.05, 3.63) is 65.2 Å². The molecule has 0 aromatic heterocycles. The van der Waals surface area contributed by atoms with E-state index in [9.17, 15) is 4.79 Å². The maximum atomic E-state index is 12.6. The van der Waals surface area contributed by atoms with Gasteiger partial charge < -0.3 is 15.8 Å². The van der Waals surface area contributed by atoms with Gasteiger partial charge in [0.15, 0.2) is 0 Å². The highest BCUT2D eigenvalue weighted by molar-refractivity contribution is 5.94. The fraction of sp³-hybridized carbons (Fsp3) is 0.381. The average Bonchev–Trinajstić information content (AvgIpc) is 3.23. The monoisotopic (exact) mass is 389 g/mol. The summed E-state index contributed by atoms with van der Waals surface area (Å²) in [7, 11) is 1.69. The number of nitrogens with two attached hydrogens (primary N) is 1. The van der Waals surface area contributed by atoms with E-state index < -0.39 is 0 Å². The van der Waals surface area contributed by atoms with Crippen molar-refractivity contribution in [3.8, 4) is 5.75 Å². The van der Waals surface area contributed by atoms with E-state index in [2.05, 4.69) is 16.3 Å². The lowest BCUT2D eigenvalue weighted by Gasteiger charge is -2.29. The van der Waals surface area contributed by atoms with E-state index >= 15 is 0 Å². The Morgan fingerprint density at radius 3 is 2.44 bits per heavy atom. The Morgan fingerprint density at radius 2 is 1.81 bits per heavy atom. The molecule has 1 amide bonds. The Labute approximate surface area is 167 Å². The van der Waals surface area contributed by atoms with Crippen molar-refractivity contribution in [2.75, 3.05) is 26.7 Å². The number of rotatable bonds is 7. The van der Waals surface area contributed by atoms with Gasteiger partial charge in [0.05, 0.1) is 13.2 Å². The molecular weight excluding hydrogens is 362 g/mol. The predicted octanol–water partition coefficient (Wildman–Crippen LogP) is 3.14. The minimum atomic E-state index is -0.0623. The van der Waals surface area contributed by atoms with Crippen LogP contribution in [-0.2, 0) is 6.54 Å². The Morgan fingerprint density at radius 1 is 1.15 bits per heavy atom. The zero-order valence-corrected chi connectivity index (χ0v) is 16.5. The number of benzene rings is 2. The van der Waals surface area contributed by atoms with Gasteiger partial charge in [0.25, 0.3) is 5.91 Å². The lowest BCUT2D eigenvalue weighted by atomic mass is 10.0. The molecule has 0 bridgehead atoms. The Balaban J connectivity index is 0.00000261. The molecule has 1 atom stereocenters. The molecule has 6 heteroatoms. The van der Waals surface area contributed by atoms with Crippen molar-refractivity contribution in [1.82, 2.24) is 10.2 Å². The summed E-state index contributed by atoms with van der Waals surface area (Å²) in [5.74, 6) is 0.804. The summed E-state index contributed by atoms with van der Waals surface area (Å²) in [6, 6.07) is 15.6. The maximum Gasteiger partial charge on any atom is 0.251 e. The van der Waals surface area contributed by atoms with Crippen LogP contribution in [0.1, 0.15) is 40.4 Å². The molecule has 1 unspecified atom stereocenters. The number of hydrogen-bond donors (Lipinski definition) is 2. The molecule has 146 valence electrons. The van der Waals surface area contributed by atoms with Crippen LogP contribution in [0.5, 0.6) is 5.75 Å². The smallest absolute Gasteiger partial charge is 0.251 e. The van der Waals surface area contributed by atoms with Crippen molar-refractivity contribution >= 4 is 18.3 Å². The van der Waals surface area contributed by atoms with Gasteiger partial charge in [-0.1, -0.05) is 30.3 Å². The van der Waals surface area contributed by atoms with Gasteiger partial charge in [-0.15, -0.1) is 12.4 Å². The summed E-state index contributed by atoms with van der Waals surface area (Å²) >= 11 is 0. The maximum absolute atomic E-state index is 12.6. The summed E-state index contributed by atoms with van der Waals surface area (Å²) in [4.78, 5) is 15.0. The van der Waals surface area contributed by atoms with Gasteiger partial charge in [-0.2, -0.15) is 0 Å². The summed E-state index contributed by atoms with van der Waals surface area (Å²) < 4.78 is 5.55. The molecule has 2 aromatic carbocycles. The molecular formula is C21H28ClN3O2. The number of carbonyl (C=O) groups is 1. The van der Waals surface area contributed by atoms with Gasteiger partial charge in [0, 0.05) is 24.2 Å². The Kier molecular flexibility index (Phi) is 8.10. The van der Waals surface area contributed by atoms with E-state index in [0.29, 0.717) is 18.7 Å². The molecule has 3 rings (SSSR count). The van der Waals surface area contributed by atoms with Gasteiger partial charge >= 0.3 is 0 Å². The summed E-state index contributed by atoms with van der Waals surface area (Å²) in [6.45, 7) is 3.12. The van der Waals surface area contributed by atoms with Crippen LogP contribution in [0.3, 0.4) is 0 Å². The van der Waals surface area contributed by atoms with Crippen LogP contribution in [0.2, 0.25) is 0 Å². The standard InChI is InChI=1S/C21H27N3O2.ClH/c1-26-20-7-3-2-6-18(20)19(24-12-4-5-13-24)15-23-21(25)17-10-8-16(14-22)9-11-17;/h2-3,6-11,19H,4-5,12-15,22H2,1H3,(H,23,25);1H. The number of likely N-dealkylation sites (tertiary alicyclic amines) is 1. The molecule has 1 heterocycles. The molecule has 27 heavy (non-hydrogen) atoms. The first-order chi connectivity index (χ1) is 12.7. The molecule has 1 aliphatic heterocycles. The Hall–Kier alpha value is -2.08. The van der Waals surface area contributed by atoms with E-state index in [0.717, 1.165) is 30.0 Å². The number of carbonyl (C=O) groups excluding carboxylic acids is 1. The number of methoxy groups -OCH3 is 1. The van der Waals surface area contributed by atoms with Crippen LogP contribution in [0, 0.1) is 0 Å². The first-order valence-electron chi connectivity index (χ1n) is 9.17. The largest absolute Gasteiger partial charge is 0.496 e. The van der Waals surface area contributed by atoms with Crippen molar-refractivity contribution in [2.45, 2.75) is 25.4 Å². The first-order valence-corrected chi connectivity index (χ1v) is 9.17. The second-order valence-electron chi connectivity index (χ2n) is 6.61. The molecule has 3 N–H and O–H groups in total. The predicted molar refractivity (Wildman–Crippen MR) is 110 cm³/mol. The summed E-state index contributed by atoms with van der Waals surface area (Å²) in [5, 5.41) is 3.10. The SMILES string of the molecule is COc1ccccc1C(CNC(=O)c1ccc(CN)cc1)N1CCCC1.Cl. The lowest BCUT2D eigenvalue weighted by Crippen LogP contribution is -2.37. The van der Waals surface area contributed by atoms with Crippen LogP contribution in [0.25, 0.3) is 0 Å². The molecule has 1 saturated heterocycles. The van der Waals surface area contributed by atoms with Crippen molar-refractivity contribution in [3.63, 3.8) is 0 Å². The third-order valence-corrected chi connectivity index (χ3v) is 4.99.